The van der Waals surface area contributed by atoms with Gasteiger partial charge in [0.15, 0.2) is 5.82 Å². The lowest BCUT2D eigenvalue weighted by Gasteiger charge is -2.15. The first-order valence-corrected chi connectivity index (χ1v) is 18.2. The van der Waals surface area contributed by atoms with Crippen LogP contribution >= 0.6 is 0 Å². The van der Waals surface area contributed by atoms with E-state index in [9.17, 15) is 10.5 Å². The van der Waals surface area contributed by atoms with Gasteiger partial charge in [-0.25, -0.2) is 9.97 Å². The van der Waals surface area contributed by atoms with Gasteiger partial charge in [-0.15, -0.1) is 0 Å². The van der Waals surface area contributed by atoms with Crippen molar-refractivity contribution in [2.24, 2.45) is 0 Å². The van der Waals surface area contributed by atoms with Gasteiger partial charge in [-0.1, -0.05) is 103 Å². The number of nitriles is 2. The van der Waals surface area contributed by atoms with E-state index < -0.39 is 0 Å². The van der Waals surface area contributed by atoms with Crippen LogP contribution in [0, 0.1) is 22.7 Å². The Kier molecular flexibility index (Phi) is 7.80. The van der Waals surface area contributed by atoms with E-state index >= 15 is 0 Å². The zero-order valence-corrected chi connectivity index (χ0v) is 29.8. The molecule has 0 saturated carbocycles. The van der Waals surface area contributed by atoms with E-state index in [0.717, 1.165) is 93.7 Å². The Morgan fingerprint density at radius 1 is 0.375 bits per heavy atom. The van der Waals surface area contributed by atoms with E-state index in [2.05, 4.69) is 91.0 Å². The fourth-order valence-electron chi connectivity index (χ4n) is 7.75. The van der Waals surface area contributed by atoms with Crippen LogP contribution in [-0.2, 0) is 0 Å². The summed E-state index contributed by atoms with van der Waals surface area (Å²) in [5, 5.41) is 24.3. The van der Waals surface area contributed by atoms with E-state index in [1.807, 2.05) is 85.2 Å². The van der Waals surface area contributed by atoms with Crippen LogP contribution in [0.15, 0.2) is 170 Å². The third kappa shape index (κ3) is 5.58. The SMILES string of the molecule is N#Cc1cc(C#N)cc(-c2ccc(-c3cc4c5cccnc5c(-c5cccc(-c6nc(-c7ccccc7)c7ccccc7n6)c5)cc4c4cccnc34)cc2)c1. The Labute approximate surface area is 322 Å². The Bertz CT molecular complexity index is 3240. The zero-order valence-electron chi connectivity index (χ0n) is 29.8. The highest BCUT2D eigenvalue weighted by Crippen LogP contribution is 2.41. The Hall–Kier alpha value is -8.06. The van der Waals surface area contributed by atoms with Crippen molar-refractivity contribution in [2.45, 2.75) is 0 Å². The maximum Gasteiger partial charge on any atom is 0.160 e. The number of rotatable bonds is 5. The van der Waals surface area contributed by atoms with Crippen LogP contribution in [0.2, 0.25) is 0 Å². The average Bonchev–Trinajstić information content (AvgIpc) is 3.28. The molecule has 0 bridgehead atoms. The second kappa shape index (κ2) is 13.4. The lowest BCUT2D eigenvalue weighted by Crippen LogP contribution is -1.96. The molecular weight excluding hydrogens is 685 g/mol. The van der Waals surface area contributed by atoms with Gasteiger partial charge in [0.2, 0.25) is 0 Å². The standard InChI is InChI=1S/C50H28N6/c51-29-31-23-32(30-52)25-38(24-31)33-17-19-34(20-18-33)42-27-44-40-15-8-22-54-49(40)43(28-45(44)39-14-7-21-53-48(39)42)36-11-6-12-37(26-36)50-55-46-16-5-4-13-41(46)47(56-50)35-9-2-1-3-10-35/h1-28H. The minimum atomic E-state index is 0.457. The number of benzene rings is 7. The summed E-state index contributed by atoms with van der Waals surface area (Å²) in [5.41, 5.74) is 12.3. The number of aromatic nitrogens is 4. The average molecular weight is 713 g/mol. The van der Waals surface area contributed by atoms with Gasteiger partial charge < -0.3 is 0 Å². The van der Waals surface area contributed by atoms with Crippen molar-refractivity contribution in [3.8, 4) is 68.2 Å². The molecule has 258 valence electrons. The molecule has 0 spiro atoms. The van der Waals surface area contributed by atoms with Crippen molar-refractivity contribution in [1.82, 2.24) is 19.9 Å². The molecule has 0 amide bonds. The van der Waals surface area contributed by atoms with E-state index in [1.54, 1.807) is 6.07 Å². The molecule has 0 fully saturated rings. The van der Waals surface area contributed by atoms with Crippen LogP contribution in [0.25, 0.3) is 99.5 Å². The van der Waals surface area contributed by atoms with Crippen LogP contribution in [0.5, 0.6) is 0 Å². The van der Waals surface area contributed by atoms with Crippen LogP contribution < -0.4 is 0 Å². The van der Waals surface area contributed by atoms with Crippen molar-refractivity contribution < 1.29 is 0 Å². The monoisotopic (exact) mass is 712 g/mol. The summed E-state index contributed by atoms with van der Waals surface area (Å²) in [7, 11) is 0. The number of pyridine rings is 2. The highest BCUT2D eigenvalue weighted by molar-refractivity contribution is 6.22. The number of fused-ring (bicyclic) bond motifs is 6. The molecule has 10 rings (SSSR count). The quantitative estimate of drug-likeness (QED) is 0.165. The molecule has 0 unspecified atom stereocenters. The first-order chi connectivity index (χ1) is 27.6. The molecule has 7 aromatic carbocycles. The Morgan fingerprint density at radius 2 is 0.946 bits per heavy atom. The molecule has 6 nitrogen and oxygen atoms in total. The van der Waals surface area contributed by atoms with Gasteiger partial charge in [-0.05, 0) is 87.6 Å². The van der Waals surface area contributed by atoms with E-state index in [0.29, 0.717) is 17.0 Å². The largest absolute Gasteiger partial charge is 0.256 e. The predicted molar refractivity (Wildman–Crippen MR) is 224 cm³/mol. The number of hydrogen-bond acceptors (Lipinski definition) is 6. The van der Waals surface area contributed by atoms with Gasteiger partial charge >= 0.3 is 0 Å². The molecule has 3 heterocycles. The topological polar surface area (TPSA) is 99.1 Å². The minimum Gasteiger partial charge on any atom is -0.256 e. The minimum absolute atomic E-state index is 0.457. The predicted octanol–water partition coefficient (Wildman–Crippen LogP) is 12.0. The van der Waals surface area contributed by atoms with Crippen LogP contribution in [-0.4, -0.2) is 19.9 Å². The molecule has 0 radical (unpaired) electrons. The number of nitrogens with zero attached hydrogens (tertiary/aromatic N) is 6. The third-order valence-corrected chi connectivity index (χ3v) is 10.4. The molecule has 10 aromatic rings. The van der Waals surface area contributed by atoms with Gasteiger partial charge in [0.1, 0.15) is 0 Å². The molecule has 0 aliphatic heterocycles. The Morgan fingerprint density at radius 3 is 1.62 bits per heavy atom. The lowest BCUT2D eigenvalue weighted by molar-refractivity contribution is 1.23. The molecule has 0 aliphatic rings. The zero-order chi connectivity index (χ0) is 37.6. The van der Waals surface area contributed by atoms with Crippen molar-refractivity contribution >= 4 is 43.5 Å². The lowest BCUT2D eigenvalue weighted by atomic mass is 9.90. The summed E-state index contributed by atoms with van der Waals surface area (Å²) in [6.07, 6.45) is 3.68. The molecule has 6 heteroatoms. The number of para-hydroxylation sites is 1. The van der Waals surface area contributed by atoms with Crippen molar-refractivity contribution in [3.63, 3.8) is 0 Å². The molecular formula is C50H28N6. The summed E-state index contributed by atoms with van der Waals surface area (Å²) >= 11 is 0. The smallest absolute Gasteiger partial charge is 0.160 e. The summed E-state index contributed by atoms with van der Waals surface area (Å²) in [6, 6.07) is 57.3. The van der Waals surface area contributed by atoms with Crippen LogP contribution in [0.4, 0.5) is 0 Å². The van der Waals surface area contributed by atoms with Crippen molar-refractivity contribution in [2.75, 3.05) is 0 Å². The fraction of sp³-hybridized carbons (Fsp3) is 0. The van der Waals surface area contributed by atoms with E-state index in [-0.39, 0.29) is 0 Å². The van der Waals surface area contributed by atoms with Gasteiger partial charge in [-0.3, -0.25) is 9.97 Å². The van der Waals surface area contributed by atoms with Gasteiger partial charge in [0.05, 0.1) is 45.5 Å². The summed E-state index contributed by atoms with van der Waals surface area (Å²) in [4.78, 5) is 20.1. The summed E-state index contributed by atoms with van der Waals surface area (Å²) in [5.74, 6) is 0.663. The van der Waals surface area contributed by atoms with E-state index in [1.165, 1.54) is 0 Å². The second-order valence-corrected chi connectivity index (χ2v) is 13.7. The third-order valence-electron chi connectivity index (χ3n) is 10.4. The maximum absolute atomic E-state index is 9.53. The second-order valence-electron chi connectivity index (χ2n) is 13.7. The fourth-order valence-corrected chi connectivity index (χ4v) is 7.75. The van der Waals surface area contributed by atoms with E-state index in [4.69, 9.17) is 19.9 Å². The van der Waals surface area contributed by atoms with Gasteiger partial charge in [-0.2, -0.15) is 10.5 Å². The van der Waals surface area contributed by atoms with Gasteiger partial charge in [0, 0.05) is 50.8 Å². The van der Waals surface area contributed by atoms with Crippen LogP contribution in [0.1, 0.15) is 11.1 Å². The first kappa shape index (κ1) is 32.6. The van der Waals surface area contributed by atoms with Gasteiger partial charge in [0.25, 0.3) is 0 Å². The molecule has 0 saturated heterocycles. The van der Waals surface area contributed by atoms with Crippen molar-refractivity contribution in [1.29, 1.82) is 10.5 Å². The summed E-state index contributed by atoms with van der Waals surface area (Å²) in [6.45, 7) is 0. The maximum atomic E-state index is 9.53. The first-order valence-electron chi connectivity index (χ1n) is 18.2. The summed E-state index contributed by atoms with van der Waals surface area (Å²) < 4.78 is 0. The van der Waals surface area contributed by atoms with Crippen LogP contribution in [0.3, 0.4) is 0 Å². The number of hydrogen-bond donors (Lipinski definition) is 0. The molecule has 56 heavy (non-hydrogen) atoms. The normalized spacial score (nSPS) is 11.2. The highest BCUT2D eigenvalue weighted by Gasteiger charge is 2.18. The Balaban J connectivity index is 1.13. The molecule has 0 N–H and O–H groups in total. The highest BCUT2D eigenvalue weighted by atomic mass is 14.9. The molecule has 0 atom stereocenters. The molecule has 0 aliphatic carbocycles. The molecule has 3 aromatic heterocycles. The van der Waals surface area contributed by atoms with Crippen molar-refractivity contribution in [3.05, 3.63) is 181 Å².